The second-order valence-electron chi connectivity index (χ2n) is 3.17. The molecule has 2 rings (SSSR count). The Morgan fingerprint density at radius 1 is 1.54 bits per heavy atom. The maximum Gasteiger partial charge on any atom is 0.243 e. The van der Waals surface area contributed by atoms with Crippen LogP contribution in [0.1, 0.15) is 6.42 Å². The van der Waals surface area contributed by atoms with Crippen LogP contribution >= 0.6 is 0 Å². The lowest BCUT2D eigenvalue weighted by molar-refractivity contribution is 0.189. The molecule has 6 nitrogen and oxygen atoms in total. The van der Waals surface area contributed by atoms with E-state index < -0.39 is 0 Å². The third-order valence-electron chi connectivity index (χ3n) is 2.16. The van der Waals surface area contributed by atoms with E-state index in [9.17, 15) is 0 Å². The molecule has 6 heteroatoms. The maximum atomic E-state index is 5.37. The van der Waals surface area contributed by atoms with E-state index in [2.05, 4.69) is 25.4 Å². The Kier molecular flexibility index (Phi) is 2.31. The van der Waals surface area contributed by atoms with Crippen molar-refractivity contribution in [3.8, 4) is 0 Å². The average Bonchev–Trinajstić information content (AvgIpc) is 2.42. The first-order valence-electron chi connectivity index (χ1n) is 4.49. The summed E-state index contributed by atoms with van der Waals surface area (Å²) in [6.07, 6.45) is 1.33. The number of anilines is 2. The molecule has 13 heavy (non-hydrogen) atoms. The number of aromatic amines is 1. The van der Waals surface area contributed by atoms with Crippen molar-refractivity contribution in [2.75, 3.05) is 37.2 Å². The molecule has 1 fully saturated rings. The van der Waals surface area contributed by atoms with E-state index in [1.165, 1.54) is 19.5 Å². The topological polar surface area (TPSA) is 82.9 Å². The molecule has 0 saturated carbocycles. The average molecular weight is 182 g/mol. The highest BCUT2D eigenvalue weighted by Gasteiger charge is 2.12. The highest BCUT2D eigenvalue weighted by molar-refractivity contribution is 5.29. The van der Waals surface area contributed by atoms with Gasteiger partial charge in [-0.1, -0.05) is 0 Å². The number of nitrogen functional groups attached to an aromatic ring is 1. The number of rotatable bonds is 4. The lowest BCUT2D eigenvalue weighted by atomic mass is 10.2. The van der Waals surface area contributed by atoms with Crippen molar-refractivity contribution >= 4 is 11.9 Å². The van der Waals surface area contributed by atoms with E-state index in [0.29, 0.717) is 11.9 Å². The fourth-order valence-corrected chi connectivity index (χ4v) is 1.28. The Bertz CT molecular complexity index is 266. The highest BCUT2D eigenvalue weighted by atomic mass is 15.3. The standard InChI is InChI=1S/C7H14N6/c8-6-10-7(12-11-6)9-2-5-13-3-1-4-13/h1-5H2,(H4,8,9,10,11,12). The molecule has 4 N–H and O–H groups in total. The fraction of sp³-hybridized carbons (Fsp3) is 0.714. The number of nitrogens with two attached hydrogens (primary N) is 1. The summed E-state index contributed by atoms with van der Waals surface area (Å²) in [5.74, 6) is 0.935. The minimum absolute atomic E-state index is 0.353. The molecule has 0 spiro atoms. The Labute approximate surface area is 76.5 Å². The maximum absolute atomic E-state index is 5.37. The largest absolute Gasteiger partial charge is 0.368 e. The van der Waals surface area contributed by atoms with Gasteiger partial charge in [0.25, 0.3) is 0 Å². The van der Waals surface area contributed by atoms with Crippen LogP contribution < -0.4 is 11.1 Å². The number of nitrogens with zero attached hydrogens (tertiary/aromatic N) is 3. The summed E-state index contributed by atoms with van der Waals surface area (Å²) in [6.45, 7) is 4.36. The van der Waals surface area contributed by atoms with Crippen LogP contribution in [-0.4, -0.2) is 46.3 Å². The summed E-state index contributed by atoms with van der Waals surface area (Å²) in [5.41, 5.74) is 5.37. The van der Waals surface area contributed by atoms with E-state index in [0.717, 1.165) is 13.1 Å². The van der Waals surface area contributed by atoms with Crippen LogP contribution in [0.5, 0.6) is 0 Å². The Morgan fingerprint density at radius 3 is 2.92 bits per heavy atom. The van der Waals surface area contributed by atoms with Gasteiger partial charge >= 0.3 is 0 Å². The molecule has 0 unspecified atom stereocenters. The first kappa shape index (κ1) is 8.31. The van der Waals surface area contributed by atoms with Crippen molar-refractivity contribution in [2.24, 2.45) is 0 Å². The van der Waals surface area contributed by atoms with Gasteiger partial charge in [-0.05, 0) is 19.5 Å². The van der Waals surface area contributed by atoms with Gasteiger partial charge in [0, 0.05) is 13.1 Å². The van der Waals surface area contributed by atoms with E-state index in [-0.39, 0.29) is 0 Å². The van der Waals surface area contributed by atoms with Crippen molar-refractivity contribution in [1.82, 2.24) is 20.1 Å². The molecule has 0 atom stereocenters. The highest BCUT2D eigenvalue weighted by Crippen LogP contribution is 2.04. The Balaban J connectivity index is 1.67. The molecule has 0 amide bonds. The third-order valence-corrected chi connectivity index (χ3v) is 2.16. The molecular formula is C7H14N6. The van der Waals surface area contributed by atoms with E-state index in [1.807, 2.05) is 0 Å². The lowest BCUT2D eigenvalue weighted by Gasteiger charge is -2.30. The summed E-state index contributed by atoms with van der Waals surface area (Å²) in [5, 5.41) is 9.53. The molecule has 0 bridgehead atoms. The van der Waals surface area contributed by atoms with Crippen LogP contribution in [0.3, 0.4) is 0 Å². The number of hydrogen-bond acceptors (Lipinski definition) is 5. The summed E-state index contributed by atoms with van der Waals surface area (Å²) in [6, 6.07) is 0. The molecule has 0 aromatic carbocycles. The van der Waals surface area contributed by atoms with Crippen LogP contribution in [-0.2, 0) is 0 Å². The van der Waals surface area contributed by atoms with E-state index in [1.54, 1.807) is 0 Å². The fourth-order valence-electron chi connectivity index (χ4n) is 1.28. The molecule has 1 aliphatic rings. The van der Waals surface area contributed by atoms with E-state index >= 15 is 0 Å². The van der Waals surface area contributed by atoms with Crippen molar-refractivity contribution in [3.05, 3.63) is 0 Å². The Hall–Kier alpha value is -1.30. The minimum atomic E-state index is 0.353. The van der Waals surface area contributed by atoms with Gasteiger partial charge in [0.2, 0.25) is 11.9 Å². The van der Waals surface area contributed by atoms with Gasteiger partial charge < -0.3 is 16.0 Å². The number of hydrogen-bond donors (Lipinski definition) is 3. The van der Waals surface area contributed by atoms with Crippen LogP contribution in [0, 0.1) is 0 Å². The van der Waals surface area contributed by atoms with Crippen molar-refractivity contribution < 1.29 is 0 Å². The van der Waals surface area contributed by atoms with Crippen LogP contribution in [0.2, 0.25) is 0 Å². The minimum Gasteiger partial charge on any atom is -0.368 e. The zero-order chi connectivity index (χ0) is 9.10. The molecular weight excluding hydrogens is 168 g/mol. The van der Waals surface area contributed by atoms with Gasteiger partial charge in [0.15, 0.2) is 0 Å². The smallest absolute Gasteiger partial charge is 0.243 e. The van der Waals surface area contributed by atoms with Crippen molar-refractivity contribution in [1.29, 1.82) is 0 Å². The first-order valence-corrected chi connectivity index (χ1v) is 4.49. The molecule has 2 heterocycles. The quantitative estimate of drug-likeness (QED) is 0.585. The zero-order valence-corrected chi connectivity index (χ0v) is 7.45. The van der Waals surface area contributed by atoms with Gasteiger partial charge in [-0.25, -0.2) is 5.10 Å². The van der Waals surface area contributed by atoms with Gasteiger partial charge in [0.05, 0.1) is 0 Å². The van der Waals surface area contributed by atoms with Crippen LogP contribution in [0.25, 0.3) is 0 Å². The van der Waals surface area contributed by atoms with Crippen LogP contribution in [0.15, 0.2) is 0 Å². The van der Waals surface area contributed by atoms with Crippen molar-refractivity contribution in [2.45, 2.75) is 6.42 Å². The summed E-state index contributed by atoms with van der Waals surface area (Å²) >= 11 is 0. The van der Waals surface area contributed by atoms with Crippen molar-refractivity contribution in [3.63, 3.8) is 0 Å². The number of likely N-dealkylation sites (tertiary alicyclic amines) is 1. The zero-order valence-electron chi connectivity index (χ0n) is 7.45. The third kappa shape index (κ3) is 2.09. The number of H-pyrrole nitrogens is 1. The normalized spacial score (nSPS) is 16.9. The summed E-state index contributed by atoms with van der Waals surface area (Å²) in [7, 11) is 0. The predicted molar refractivity (Wildman–Crippen MR) is 50.3 cm³/mol. The summed E-state index contributed by atoms with van der Waals surface area (Å²) in [4.78, 5) is 6.31. The molecule has 1 aromatic heterocycles. The second-order valence-corrected chi connectivity index (χ2v) is 3.17. The van der Waals surface area contributed by atoms with Crippen LogP contribution in [0.4, 0.5) is 11.9 Å². The van der Waals surface area contributed by atoms with Gasteiger partial charge in [-0.2, -0.15) is 4.98 Å². The van der Waals surface area contributed by atoms with Gasteiger partial charge in [0.1, 0.15) is 0 Å². The number of nitrogens with one attached hydrogen (secondary N) is 2. The molecule has 1 aliphatic heterocycles. The molecule has 0 aliphatic carbocycles. The summed E-state index contributed by atoms with van der Waals surface area (Å²) < 4.78 is 0. The lowest BCUT2D eigenvalue weighted by Crippen LogP contribution is -2.40. The second kappa shape index (κ2) is 3.61. The molecule has 72 valence electrons. The Morgan fingerprint density at radius 2 is 2.38 bits per heavy atom. The molecule has 0 radical (unpaired) electrons. The van der Waals surface area contributed by atoms with Gasteiger partial charge in [-0.15, -0.1) is 5.10 Å². The predicted octanol–water partition coefficient (Wildman–Crippen LogP) is -0.496. The first-order chi connectivity index (χ1) is 6.34. The monoisotopic (exact) mass is 182 g/mol. The number of aromatic nitrogens is 3. The molecule has 1 aromatic rings. The van der Waals surface area contributed by atoms with E-state index in [4.69, 9.17) is 5.73 Å². The molecule has 1 saturated heterocycles. The van der Waals surface area contributed by atoms with Gasteiger partial charge in [-0.3, -0.25) is 0 Å². The SMILES string of the molecule is Nc1nc(NCCN2CCC2)n[nH]1.